The van der Waals surface area contributed by atoms with Crippen LogP contribution in [0.25, 0.3) is 0 Å². The van der Waals surface area contributed by atoms with Crippen molar-refractivity contribution < 1.29 is 8.42 Å². The Hall–Kier alpha value is -0.170. The summed E-state index contributed by atoms with van der Waals surface area (Å²) in [6.07, 6.45) is 2.72. The predicted molar refractivity (Wildman–Crippen MR) is 63.1 cm³/mol. The van der Waals surface area contributed by atoms with Crippen molar-refractivity contribution in [1.29, 1.82) is 0 Å². The number of piperidine rings is 1. The number of nitrogens with two attached hydrogens (primary N) is 1. The molecule has 94 valence electrons. The van der Waals surface area contributed by atoms with E-state index in [1.807, 2.05) is 0 Å². The Bertz CT molecular complexity index is 336. The average Bonchev–Trinajstić information content (AvgIpc) is 2.66. The highest BCUT2D eigenvalue weighted by atomic mass is 32.2. The summed E-state index contributed by atoms with van der Waals surface area (Å²) >= 11 is 0. The number of hydrogen-bond donors (Lipinski definition) is 1. The standard InChI is InChI=1S/C10H21N3O2S/c1-9-2-5-12(6-3-9)16(14,15)13-7-4-10(11)8-13/h9-10H,2-8,11H2,1H3. The van der Waals surface area contributed by atoms with Crippen LogP contribution in [0.1, 0.15) is 26.2 Å². The van der Waals surface area contributed by atoms with E-state index in [0.717, 1.165) is 19.3 Å². The van der Waals surface area contributed by atoms with Gasteiger partial charge in [0.25, 0.3) is 10.2 Å². The fourth-order valence-electron chi connectivity index (χ4n) is 2.34. The minimum absolute atomic E-state index is 0.0125. The Morgan fingerprint density at radius 1 is 1.06 bits per heavy atom. The lowest BCUT2D eigenvalue weighted by molar-refractivity contribution is 0.270. The summed E-state index contributed by atoms with van der Waals surface area (Å²) in [7, 11) is -3.23. The molecule has 0 bridgehead atoms. The highest BCUT2D eigenvalue weighted by molar-refractivity contribution is 7.86. The van der Waals surface area contributed by atoms with E-state index in [1.54, 1.807) is 4.31 Å². The molecule has 6 heteroatoms. The smallest absolute Gasteiger partial charge is 0.282 e. The Kier molecular flexibility index (Phi) is 3.53. The molecule has 1 unspecified atom stereocenters. The molecule has 0 aromatic rings. The molecule has 2 fully saturated rings. The van der Waals surface area contributed by atoms with Gasteiger partial charge >= 0.3 is 0 Å². The third kappa shape index (κ3) is 2.40. The van der Waals surface area contributed by atoms with Crippen LogP contribution >= 0.6 is 0 Å². The third-order valence-electron chi connectivity index (χ3n) is 3.58. The van der Waals surface area contributed by atoms with E-state index in [-0.39, 0.29) is 6.04 Å². The Morgan fingerprint density at radius 3 is 2.12 bits per heavy atom. The first-order valence-electron chi connectivity index (χ1n) is 6.01. The van der Waals surface area contributed by atoms with Crippen LogP contribution in [0.2, 0.25) is 0 Å². The van der Waals surface area contributed by atoms with Crippen molar-refractivity contribution in [3.05, 3.63) is 0 Å². The topological polar surface area (TPSA) is 66.6 Å². The first-order valence-corrected chi connectivity index (χ1v) is 7.40. The molecule has 1 atom stereocenters. The van der Waals surface area contributed by atoms with E-state index in [0.29, 0.717) is 32.1 Å². The molecule has 2 aliphatic rings. The lowest BCUT2D eigenvalue weighted by Crippen LogP contribution is -2.46. The van der Waals surface area contributed by atoms with Crippen molar-refractivity contribution in [3.63, 3.8) is 0 Å². The van der Waals surface area contributed by atoms with Crippen molar-refractivity contribution >= 4 is 10.2 Å². The summed E-state index contributed by atoms with van der Waals surface area (Å²) in [4.78, 5) is 0. The fourth-order valence-corrected chi connectivity index (χ4v) is 4.06. The van der Waals surface area contributed by atoms with Crippen LogP contribution in [0.3, 0.4) is 0 Å². The summed E-state index contributed by atoms with van der Waals surface area (Å²) in [6.45, 7) is 4.56. The SMILES string of the molecule is CC1CCN(S(=O)(=O)N2CCC(N)C2)CC1. The Balaban J connectivity index is 2.02. The molecule has 2 aliphatic heterocycles. The van der Waals surface area contributed by atoms with Crippen LogP contribution in [0.5, 0.6) is 0 Å². The highest BCUT2D eigenvalue weighted by Crippen LogP contribution is 2.22. The zero-order chi connectivity index (χ0) is 11.8. The van der Waals surface area contributed by atoms with Gasteiger partial charge in [0.05, 0.1) is 0 Å². The van der Waals surface area contributed by atoms with Gasteiger partial charge in [-0.1, -0.05) is 6.92 Å². The zero-order valence-corrected chi connectivity index (χ0v) is 10.6. The lowest BCUT2D eigenvalue weighted by Gasteiger charge is -2.32. The largest absolute Gasteiger partial charge is 0.326 e. The minimum Gasteiger partial charge on any atom is -0.326 e. The molecule has 0 saturated carbocycles. The Morgan fingerprint density at radius 2 is 1.62 bits per heavy atom. The number of rotatable bonds is 2. The molecular weight excluding hydrogens is 226 g/mol. The maximum Gasteiger partial charge on any atom is 0.282 e. The molecule has 16 heavy (non-hydrogen) atoms. The first kappa shape index (κ1) is 12.3. The minimum atomic E-state index is -3.23. The van der Waals surface area contributed by atoms with E-state index in [1.165, 1.54) is 4.31 Å². The predicted octanol–water partition coefficient (Wildman–Crippen LogP) is -0.00390. The molecule has 0 spiro atoms. The van der Waals surface area contributed by atoms with Crippen LogP contribution in [0, 0.1) is 5.92 Å². The van der Waals surface area contributed by atoms with Gasteiger partial charge in [-0.2, -0.15) is 17.0 Å². The van der Waals surface area contributed by atoms with Gasteiger partial charge in [-0.15, -0.1) is 0 Å². The molecule has 2 N–H and O–H groups in total. The fraction of sp³-hybridized carbons (Fsp3) is 1.00. The van der Waals surface area contributed by atoms with E-state index in [2.05, 4.69) is 6.92 Å². The van der Waals surface area contributed by atoms with Crippen molar-refractivity contribution in [3.8, 4) is 0 Å². The molecule has 2 heterocycles. The Labute approximate surface area is 97.8 Å². The van der Waals surface area contributed by atoms with Crippen LogP contribution < -0.4 is 5.73 Å². The van der Waals surface area contributed by atoms with Gasteiger partial charge in [0.2, 0.25) is 0 Å². The molecule has 0 amide bonds. The monoisotopic (exact) mass is 247 g/mol. The van der Waals surface area contributed by atoms with Gasteiger partial charge < -0.3 is 5.73 Å². The average molecular weight is 247 g/mol. The van der Waals surface area contributed by atoms with Crippen molar-refractivity contribution in [2.75, 3.05) is 26.2 Å². The maximum atomic E-state index is 12.2. The van der Waals surface area contributed by atoms with E-state index >= 15 is 0 Å². The number of hydrogen-bond acceptors (Lipinski definition) is 3. The van der Waals surface area contributed by atoms with E-state index < -0.39 is 10.2 Å². The molecule has 5 nitrogen and oxygen atoms in total. The van der Waals surface area contributed by atoms with Gasteiger partial charge in [0, 0.05) is 32.2 Å². The van der Waals surface area contributed by atoms with Crippen LogP contribution in [-0.2, 0) is 10.2 Å². The van der Waals surface area contributed by atoms with E-state index in [9.17, 15) is 8.42 Å². The molecule has 0 aromatic heterocycles. The van der Waals surface area contributed by atoms with Crippen LogP contribution in [0.4, 0.5) is 0 Å². The van der Waals surface area contributed by atoms with Crippen molar-refractivity contribution in [2.24, 2.45) is 11.7 Å². The summed E-state index contributed by atoms with van der Waals surface area (Å²) in [5.41, 5.74) is 5.75. The van der Waals surface area contributed by atoms with Gasteiger partial charge in [-0.25, -0.2) is 0 Å². The van der Waals surface area contributed by atoms with Crippen molar-refractivity contribution in [2.45, 2.75) is 32.2 Å². The second-order valence-electron chi connectivity index (χ2n) is 5.00. The molecule has 0 aromatic carbocycles. The first-order chi connectivity index (χ1) is 7.50. The maximum absolute atomic E-state index is 12.2. The molecule has 2 saturated heterocycles. The van der Waals surface area contributed by atoms with Gasteiger partial charge in [0.15, 0.2) is 0 Å². The molecule has 0 aliphatic carbocycles. The summed E-state index contributed by atoms with van der Waals surface area (Å²) < 4.78 is 27.6. The summed E-state index contributed by atoms with van der Waals surface area (Å²) in [5.74, 6) is 0.646. The second-order valence-corrected chi connectivity index (χ2v) is 6.92. The van der Waals surface area contributed by atoms with Crippen LogP contribution in [0.15, 0.2) is 0 Å². The van der Waals surface area contributed by atoms with Gasteiger partial charge in [0.1, 0.15) is 0 Å². The van der Waals surface area contributed by atoms with Gasteiger partial charge in [-0.3, -0.25) is 0 Å². The van der Waals surface area contributed by atoms with Crippen molar-refractivity contribution in [1.82, 2.24) is 8.61 Å². The quantitative estimate of drug-likeness (QED) is 0.746. The lowest BCUT2D eigenvalue weighted by atomic mass is 10.0. The summed E-state index contributed by atoms with van der Waals surface area (Å²) in [5, 5.41) is 0. The van der Waals surface area contributed by atoms with Gasteiger partial charge in [-0.05, 0) is 25.2 Å². The number of nitrogens with zero attached hydrogens (tertiary/aromatic N) is 2. The van der Waals surface area contributed by atoms with E-state index in [4.69, 9.17) is 5.73 Å². The highest BCUT2D eigenvalue weighted by Gasteiger charge is 2.35. The molecular formula is C10H21N3O2S. The zero-order valence-electron chi connectivity index (χ0n) is 9.80. The van der Waals surface area contributed by atoms with Crippen LogP contribution in [-0.4, -0.2) is 49.2 Å². The molecule has 2 rings (SSSR count). The normalized spacial score (nSPS) is 31.0. The molecule has 0 radical (unpaired) electrons. The second kappa shape index (κ2) is 4.60. The third-order valence-corrected chi connectivity index (χ3v) is 5.58. The summed E-state index contributed by atoms with van der Waals surface area (Å²) in [6, 6.07) is 0.0125.